The van der Waals surface area contributed by atoms with Gasteiger partial charge in [0.15, 0.2) is 0 Å². The number of hydrogen-bond donors (Lipinski definition) is 0. The van der Waals surface area contributed by atoms with Gasteiger partial charge in [-0.25, -0.2) is 0 Å². The Kier molecular flexibility index (Phi) is 5.35. The van der Waals surface area contributed by atoms with E-state index < -0.39 is 0 Å². The van der Waals surface area contributed by atoms with Crippen LogP contribution < -0.4 is 4.90 Å². The van der Waals surface area contributed by atoms with Crippen molar-refractivity contribution < 1.29 is 9.53 Å². The summed E-state index contributed by atoms with van der Waals surface area (Å²) in [5.74, 6) is 0.442. The third-order valence-electron chi connectivity index (χ3n) is 8.20. The minimum atomic E-state index is 0.0314. The smallest absolute Gasteiger partial charge is 0.310 e. The molecule has 0 radical (unpaired) electrons. The molecule has 0 spiro atoms. The number of halogens is 1. The summed E-state index contributed by atoms with van der Waals surface area (Å²) in [5.41, 5.74) is 4.71. The standard InChI is InChI=1S/C25H33ClN2O2/c1-17-4-3-9-25(2)15-23-20(14-22(17)25)21(24(29)30-23)16-27-10-12-28(13-11-27)19-7-5-18(26)6-8-19/h5-8,20-21,23H,3-4,9-16H2,1-2H3/t20-,21-,23-,25-/m1/s1. The summed E-state index contributed by atoms with van der Waals surface area (Å²) in [5, 5.41) is 0.776. The Morgan fingerprint density at radius 3 is 2.63 bits per heavy atom. The zero-order chi connectivity index (χ0) is 20.9. The summed E-state index contributed by atoms with van der Waals surface area (Å²) in [6.45, 7) is 9.51. The fourth-order valence-electron chi connectivity index (χ4n) is 6.44. The van der Waals surface area contributed by atoms with Crippen molar-refractivity contribution in [1.29, 1.82) is 0 Å². The highest BCUT2D eigenvalue weighted by Gasteiger charge is 2.53. The third-order valence-corrected chi connectivity index (χ3v) is 8.45. The summed E-state index contributed by atoms with van der Waals surface area (Å²) in [4.78, 5) is 17.7. The zero-order valence-corrected chi connectivity index (χ0v) is 19.0. The Hall–Kier alpha value is -1.52. The van der Waals surface area contributed by atoms with Crippen LogP contribution in [0.15, 0.2) is 35.4 Å². The van der Waals surface area contributed by atoms with Gasteiger partial charge in [0, 0.05) is 49.4 Å². The number of fused-ring (bicyclic) bond motifs is 2. The number of carbonyl (C=O) groups is 1. The van der Waals surface area contributed by atoms with Crippen LogP contribution in [0.1, 0.15) is 46.0 Å². The molecule has 162 valence electrons. The molecular formula is C25H33ClN2O2. The van der Waals surface area contributed by atoms with Crippen molar-refractivity contribution in [2.75, 3.05) is 37.6 Å². The molecule has 2 saturated heterocycles. The second kappa shape index (κ2) is 7.87. The van der Waals surface area contributed by atoms with Gasteiger partial charge in [0.2, 0.25) is 0 Å². The number of nitrogens with zero attached hydrogens (tertiary/aromatic N) is 2. The number of hydrogen-bond acceptors (Lipinski definition) is 4. The van der Waals surface area contributed by atoms with Crippen LogP contribution >= 0.6 is 11.6 Å². The lowest BCUT2D eigenvalue weighted by molar-refractivity contribution is -0.145. The molecule has 4 nitrogen and oxygen atoms in total. The maximum Gasteiger partial charge on any atom is 0.310 e. The normalized spacial score (nSPS) is 34.6. The molecule has 3 fully saturated rings. The molecule has 0 unspecified atom stereocenters. The van der Waals surface area contributed by atoms with E-state index in [-0.39, 0.29) is 23.4 Å². The molecule has 5 rings (SSSR count). The molecule has 0 aromatic heterocycles. The first-order chi connectivity index (χ1) is 14.4. The highest BCUT2D eigenvalue weighted by molar-refractivity contribution is 6.30. The number of esters is 1. The topological polar surface area (TPSA) is 32.8 Å². The van der Waals surface area contributed by atoms with Gasteiger partial charge in [-0.15, -0.1) is 0 Å². The Balaban J connectivity index is 1.24. The van der Waals surface area contributed by atoms with Gasteiger partial charge in [-0.2, -0.15) is 0 Å². The minimum Gasteiger partial charge on any atom is -0.462 e. The first-order valence-corrected chi connectivity index (χ1v) is 11.9. The van der Waals surface area contributed by atoms with Crippen molar-refractivity contribution in [1.82, 2.24) is 4.90 Å². The molecule has 0 amide bonds. The predicted molar refractivity (Wildman–Crippen MR) is 121 cm³/mol. The van der Waals surface area contributed by atoms with Crippen molar-refractivity contribution in [2.24, 2.45) is 17.3 Å². The molecule has 2 aliphatic heterocycles. The summed E-state index contributed by atoms with van der Waals surface area (Å²) in [6, 6.07) is 8.10. The molecular weight excluding hydrogens is 396 g/mol. The summed E-state index contributed by atoms with van der Waals surface area (Å²) in [6.07, 6.45) is 5.97. The van der Waals surface area contributed by atoms with Crippen molar-refractivity contribution in [3.63, 3.8) is 0 Å². The molecule has 1 aromatic carbocycles. The van der Waals surface area contributed by atoms with Crippen LogP contribution in [0, 0.1) is 17.3 Å². The van der Waals surface area contributed by atoms with E-state index in [9.17, 15) is 4.79 Å². The number of carbonyl (C=O) groups excluding carboxylic acids is 1. The van der Waals surface area contributed by atoms with Gasteiger partial charge in [0.25, 0.3) is 0 Å². The molecule has 2 aliphatic carbocycles. The van der Waals surface area contributed by atoms with Gasteiger partial charge in [-0.05, 0) is 68.7 Å². The molecule has 0 N–H and O–H groups in total. The average Bonchev–Trinajstić information content (AvgIpc) is 3.01. The monoisotopic (exact) mass is 428 g/mol. The number of allylic oxidation sites excluding steroid dienone is 2. The van der Waals surface area contributed by atoms with E-state index in [1.807, 2.05) is 12.1 Å². The predicted octanol–water partition coefficient (Wildman–Crippen LogP) is 4.92. The van der Waals surface area contributed by atoms with E-state index in [1.165, 1.54) is 24.9 Å². The molecule has 4 atom stereocenters. The SMILES string of the molecule is CC1=C2C[C@H]3[C@@H](C[C@@]2(C)CCC1)OC(=O)[C@@H]3CN1CCN(c2ccc(Cl)cc2)CC1. The quantitative estimate of drug-likeness (QED) is 0.505. The Morgan fingerprint density at radius 1 is 1.17 bits per heavy atom. The van der Waals surface area contributed by atoms with E-state index in [0.29, 0.717) is 5.92 Å². The molecule has 1 saturated carbocycles. The van der Waals surface area contributed by atoms with Crippen molar-refractivity contribution in [2.45, 2.75) is 52.1 Å². The fraction of sp³-hybridized carbons (Fsp3) is 0.640. The second-order valence-corrected chi connectivity index (χ2v) is 10.5. The lowest BCUT2D eigenvalue weighted by atomic mass is 9.59. The minimum absolute atomic E-state index is 0.0314. The Morgan fingerprint density at radius 2 is 1.90 bits per heavy atom. The second-order valence-electron chi connectivity index (χ2n) is 10.1. The van der Waals surface area contributed by atoms with Gasteiger partial charge in [0.1, 0.15) is 6.10 Å². The zero-order valence-electron chi connectivity index (χ0n) is 18.2. The van der Waals surface area contributed by atoms with Gasteiger partial charge in [0.05, 0.1) is 5.92 Å². The Labute approximate surface area is 185 Å². The molecule has 0 bridgehead atoms. The molecule has 1 aromatic rings. The maximum absolute atomic E-state index is 12.8. The van der Waals surface area contributed by atoms with Crippen LogP contribution in [0.4, 0.5) is 5.69 Å². The number of anilines is 1. The number of ether oxygens (including phenoxy) is 1. The van der Waals surface area contributed by atoms with Gasteiger partial charge in [-0.1, -0.05) is 29.7 Å². The Bertz CT molecular complexity index is 843. The van der Waals surface area contributed by atoms with E-state index >= 15 is 0 Å². The highest BCUT2D eigenvalue weighted by Crippen LogP contribution is 2.55. The van der Waals surface area contributed by atoms with Crippen LogP contribution in [0.2, 0.25) is 5.02 Å². The number of piperazine rings is 1. The third kappa shape index (κ3) is 3.67. The van der Waals surface area contributed by atoms with Crippen LogP contribution in [0.3, 0.4) is 0 Å². The first-order valence-electron chi connectivity index (χ1n) is 11.6. The van der Waals surface area contributed by atoms with Crippen LogP contribution in [0.25, 0.3) is 0 Å². The van der Waals surface area contributed by atoms with E-state index in [4.69, 9.17) is 16.3 Å². The lowest BCUT2D eigenvalue weighted by Gasteiger charge is -2.46. The highest BCUT2D eigenvalue weighted by atomic mass is 35.5. The van der Waals surface area contributed by atoms with Gasteiger partial charge >= 0.3 is 5.97 Å². The summed E-state index contributed by atoms with van der Waals surface area (Å²) >= 11 is 6.02. The van der Waals surface area contributed by atoms with E-state index in [0.717, 1.165) is 50.6 Å². The molecule has 30 heavy (non-hydrogen) atoms. The summed E-state index contributed by atoms with van der Waals surface area (Å²) in [7, 11) is 0. The number of rotatable bonds is 3. The maximum atomic E-state index is 12.8. The van der Waals surface area contributed by atoms with Crippen molar-refractivity contribution in [3.05, 3.63) is 40.4 Å². The van der Waals surface area contributed by atoms with Crippen LogP contribution in [-0.4, -0.2) is 49.7 Å². The lowest BCUT2D eigenvalue weighted by Crippen LogP contribution is -2.49. The van der Waals surface area contributed by atoms with E-state index in [1.54, 1.807) is 11.1 Å². The fourth-order valence-corrected chi connectivity index (χ4v) is 6.57. The summed E-state index contributed by atoms with van der Waals surface area (Å²) < 4.78 is 5.96. The van der Waals surface area contributed by atoms with Crippen molar-refractivity contribution >= 4 is 23.3 Å². The van der Waals surface area contributed by atoms with Crippen LogP contribution in [0.5, 0.6) is 0 Å². The van der Waals surface area contributed by atoms with E-state index in [2.05, 4.69) is 35.8 Å². The average molecular weight is 429 g/mol. The molecule has 4 aliphatic rings. The first kappa shape index (κ1) is 20.4. The van der Waals surface area contributed by atoms with Crippen LogP contribution in [-0.2, 0) is 9.53 Å². The molecule has 5 heteroatoms. The largest absolute Gasteiger partial charge is 0.462 e. The van der Waals surface area contributed by atoms with Crippen molar-refractivity contribution in [3.8, 4) is 0 Å². The van der Waals surface area contributed by atoms with Gasteiger partial charge < -0.3 is 9.64 Å². The van der Waals surface area contributed by atoms with Gasteiger partial charge in [-0.3, -0.25) is 9.69 Å². The number of benzene rings is 1. The molecule has 2 heterocycles.